The molecule has 1 nitrogen and oxygen atoms in total. The molecule has 0 spiro atoms. The van der Waals surface area contributed by atoms with Gasteiger partial charge in [-0.2, -0.15) is 0 Å². The van der Waals surface area contributed by atoms with Crippen molar-refractivity contribution >= 4 is 28.4 Å². The Hall–Kier alpha value is 0.930. The van der Waals surface area contributed by atoms with E-state index in [-0.39, 0.29) is 0 Å². The van der Waals surface area contributed by atoms with E-state index in [1.165, 1.54) is 48.9 Å². The summed E-state index contributed by atoms with van der Waals surface area (Å²) in [7, 11) is 1.35. The molecule has 0 bridgehead atoms. The second kappa shape index (κ2) is 12.5. The highest BCUT2D eigenvalue weighted by molar-refractivity contribution is 8.94. The molecule has 0 heterocycles. The van der Waals surface area contributed by atoms with E-state index in [4.69, 9.17) is 0 Å². The zero-order chi connectivity index (χ0) is 15.4. The van der Waals surface area contributed by atoms with Crippen LogP contribution in [0, 0.1) is 11.8 Å². The topological polar surface area (TPSA) is 17.1 Å². The number of rotatable bonds is 13. The SMILES string of the molecule is CC(C)CCCCCP(=O)(CCCCCC(C)C)SS. The van der Waals surface area contributed by atoms with Crippen molar-refractivity contribution in [2.75, 3.05) is 12.3 Å². The summed E-state index contributed by atoms with van der Waals surface area (Å²) in [5.74, 6) is 1.59. The van der Waals surface area contributed by atoms with Crippen LogP contribution in [0.25, 0.3) is 0 Å². The van der Waals surface area contributed by atoms with Crippen LogP contribution in [0.5, 0.6) is 0 Å². The molecule has 0 atom stereocenters. The van der Waals surface area contributed by atoms with Crippen molar-refractivity contribution in [1.82, 2.24) is 0 Å². The molecule has 0 aliphatic heterocycles. The summed E-state index contributed by atoms with van der Waals surface area (Å²) in [6.45, 7) is 9.08. The zero-order valence-corrected chi connectivity index (χ0v) is 16.5. The maximum absolute atomic E-state index is 12.7. The predicted molar refractivity (Wildman–Crippen MR) is 101 cm³/mol. The number of unbranched alkanes of at least 4 members (excludes halogenated alkanes) is 4. The van der Waals surface area contributed by atoms with Crippen LogP contribution in [-0.2, 0) is 4.57 Å². The summed E-state index contributed by atoms with van der Waals surface area (Å²) in [6, 6.07) is 0. The highest BCUT2D eigenvalue weighted by Crippen LogP contribution is 2.61. The quantitative estimate of drug-likeness (QED) is 0.164. The van der Waals surface area contributed by atoms with Crippen LogP contribution in [0.2, 0.25) is 0 Å². The van der Waals surface area contributed by atoms with Gasteiger partial charge in [0.25, 0.3) is 0 Å². The normalized spacial score (nSPS) is 12.6. The Morgan fingerprint density at radius 3 is 1.50 bits per heavy atom. The van der Waals surface area contributed by atoms with Gasteiger partial charge in [0.05, 0.1) is 0 Å². The minimum Gasteiger partial charge on any atom is -0.311 e. The second-order valence-electron chi connectivity index (χ2n) is 6.83. The van der Waals surface area contributed by atoms with E-state index in [1.807, 2.05) is 0 Å². The Labute approximate surface area is 136 Å². The fraction of sp³-hybridized carbons (Fsp3) is 1.00. The summed E-state index contributed by atoms with van der Waals surface area (Å²) < 4.78 is 12.7. The monoisotopic (exact) mass is 338 g/mol. The summed E-state index contributed by atoms with van der Waals surface area (Å²) >= 11 is 4.27. The average Bonchev–Trinajstić information content (AvgIpc) is 2.37. The van der Waals surface area contributed by atoms with Crippen LogP contribution in [0.4, 0.5) is 0 Å². The standard InChI is InChI=1S/C16H35OPS2/c1-15(2)11-7-5-9-13-18(17,20-19)14-10-6-8-12-16(3)4/h15-16,19H,5-14H2,1-4H3. The maximum Gasteiger partial charge on any atom is 0.149 e. The molecule has 0 fully saturated rings. The first kappa shape index (κ1) is 20.9. The van der Waals surface area contributed by atoms with E-state index in [0.29, 0.717) is 0 Å². The molecule has 4 heteroatoms. The molecule has 0 aromatic heterocycles. The molecular formula is C16H35OPS2. The lowest BCUT2D eigenvalue weighted by atomic mass is 10.1. The van der Waals surface area contributed by atoms with E-state index in [9.17, 15) is 4.57 Å². The van der Waals surface area contributed by atoms with Gasteiger partial charge in [0.15, 0.2) is 0 Å². The van der Waals surface area contributed by atoms with Gasteiger partial charge in [-0.15, -0.1) is 11.7 Å². The fourth-order valence-corrected chi connectivity index (χ4v) is 6.89. The van der Waals surface area contributed by atoms with Gasteiger partial charge in [-0.1, -0.05) is 66.2 Å². The van der Waals surface area contributed by atoms with Gasteiger partial charge >= 0.3 is 0 Å². The lowest BCUT2D eigenvalue weighted by molar-refractivity contribution is 0.528. The third-order valence-corrected chi connectivity index (χ3v) is 10.7. The molecule has 0 radical (unpaired) electrons. The molecule has 122 valence electrons. The van der Waals surface area contributed by atoms with E-state index in [0.717, 1.165) is 37.0 Å². The second-order valence-corrected chi connectivity index (χ2v) is 13.5. The smallest absolute Gasteiger partial charge is 0.149 e. The lowest BCUT2D eigenvalue weighted by Gasteiger charge is -2.15. The van der Waals surface area contributed by atoms with Crippen molar-refractivity contribution in [3.8, 4) is 0 Å². The third-order valence-electron chi connectivity index (χ3n) is 3.71. The van der Waals surface area contributed by atoms with Crippen molar-refractivity contribution in [1.29, 1.82) is 0 Å². The summed E-state index contributed by atoms with van der Waals surface area (Å²) in [5, 5.41) is 0. The molecule has 0 saturated heterocycles. The summed E-state index contributed by atoms with van der Waals surface area (Å²) in [6.07, 6.45) is 9.58. The summed E-state index contributed by atoms with van der Waals surface area (Å²) in [4.78, 5) is 0. The van der Waals surface area contributed by atoms with E-state index in [2.05, 4.69) is 39.4 Å². The van der Waals surface area contributed by atoms with Crippen molar-refractivity contribution in [3.05, 3.63) is 0 Å². The number of hydrogen-bond acceptors (Lipinski definition) is 3. The van der Waals surface area contributed by atoms with Crippen LogP contribution < -0.4 is 0 Å². The highest BCUT2D eigenvalue weighted by atomic mass is 33.3. The van der Waals surface area contributed by atoms with E-state index in [1.54, 1.807) is 0 Å². The minimum atomic E-state index is -2.05. The Morgan fingerprint density at radius 2 is 1.20 bits per heavy atom. The van der Waals surface area contributed by atoms with Gasteiger partial charge in [-0.25, -0.2) is 0 Å². The largest absolute Gasteiger partial charge is 0.311 e. The van der Waals surface area contributed by atoms with Gasteiger partial charge < -0.3 is 4.57 Å². The first-order chi connectivity index (χ1) is 9.39. The molecule has 0 aliphatic carbocycles. The van der Waals surface area contributed by atoms with Crippen LogP contribution in [0.1, 0.15) is 79.1 Å². The Morgan fingerprint density at radius 1 is 0.800 bits per heavy atom. The van der Waals surface area contributed by atoms with Crippen molar-refractivity contribution in [3.63, 3.8) is 0 Å². The van der Waals surface area contributed by atoms with E-state index < -0.39 is 6.34 Å². The molecular weight excluding hydrogens is 303 g/mol. The highest BCUT2D eigenvalue weighted by Gasteiger charge is 2.20. The van der Waals surface area contributed by atoms with Crippen LogP contribution in [0.3, 0.4) is 0 Å². The minimum absolute atomic E-state index is 0.794. The Bertz CT molecular complexity index is 245. The Balaban J connectivity index is 3.70. The Kier molecular flexibility index (Phi) is 13.1. The maximum atomic E-state index is 12.7. The van der Waals surface area contributed by atoms with Gasteiger partial charge in [0.2, 0.25) is 0 Å². The molecule has 0 aromatic rings. The fourth-order valence-electron chi connectivity index (χ4n) is 2.36. The zero-order valence-electron chi connectivity index (χ0n) is 13.9. The molecule has 0 aromatic carbocycles. The van der Waals surface area contributed by atoms with Gasteiger partial charge in [0.1, 0.15) is 6.34 Å². The molecule has 0 rings (SSSR count). The van der Waals surface area contributed by atoms with Gasteiger partial charge in [0, 0.05) is 12.3 Å². The molecule has 0 aliphatic rings. The first-order valence-corrected chi connectivity index (χ1v) is 12.9. The molecule has 0 amide bonds. The van der Waals surface area contributed by atoms with Crippen molar-refractivity contribution < 1.29 is 4.57 Å². The molecule has 0 saturated carbocycles. The van der Waals surface area contributed by atoms with Crippen LogP contribution >= 0.6 is 28.4 Å². The number of hydrogen-bond donors (Lipinski definition) is 1. The van der Waals surface area contributed by atoms with Crippen molar-refractivity contribution in [2.24, 2.45) is 11.8 Å². The summed E-state index contributed by atoms with van der Waals surface area (Å²) in [5.41, 5.74) is 0. The molecule has 20 heavy (non-hydrogen) atoms. The van der Waals surface area contributed by atoms with Crippen molar-refractivity contribution in [2.45, 2.75) is 79.1 Å². The van der Waals surface area contributed by atoms with Crippen LogP contribution in [0.15, 0.2) is 0 Å². The first-order valence-electron chi connectivity index (χ1n) is 8.31. The predicted octanol–water partition coefficient (Wildman–Crippen LogP) is 7.28. The van der Waals surface area contributed by atoms with Gasteiger partial charge in [-0.05, 0) is 35.1 Å². The molecule has 0 N–H and O–H groups in total. The third kappa shape index (κ3) is 12.7. The lowest BCUT2D eigenvalue weighted by Crippen LogP contribution is -1.95. The molecule has 0 unspecified atom stereocenters. The number of thiol groups is 1. The van der Waals surface area contributed by atoms with Crippen LogP contribution in [-0.4, -0.2) is 12.3 Å². The van der Waals surface area contributed by atoms with E-state index >= 15 is 0 Å². The van der Waals surface area contributed by atoms with Gasteiger partial charge in [-0.3, -0.25) is 0 Å². The average molecular weight is 339 g/mol.